The van der Waals surface area contributed by atoms with Crippen molar-refractivity contribution in [3.05, 3.63) is 35.9 Å². The first-order chi connectivity index (χ1) is 9.74. The highest BCUT2D eigenvalue weighted by atomic mass is 16.6. The first kappa shape index (κ1) is 14.9. The molecule has 0 bridgehead atoms. The van der Waals surface area contributed by atoms with E-state index in [0.29, 0.717) is 25.7 Å². The fourth-order valence-corrected chi connectivity index (χ4v) is 2.56. The van der Waals surface area contributed by atoms with Crippen molar-refractivity contribution in [2.45, 2.75) is 33.0 Å². The number of ether oxygens (including phenoxy) is 2. The molecule has 1 fully saturated rings. The molecule has 20 heavy (non-hydrogen) atoms. The summed E-state index contributed by atoms with van der Waals surface area (Å²) in [7, 11) is 0. The molecule has 110 valence electrons. The third kappa shape index (κ3) is 3.73. The minimum atomic E-state index is -0.225. The lowest BCUT2D eigenvalue weighted by molar-refractivity contribution is 0.0209. The van der Waals surface area contributed by atoms with Crippen molar-refractivity contribution in [3.8, 4) is 0 Å². The lowest BCUT2D eigenvalue weighted by atomic mass is 10.0. The third-order valence-electron chi connectivity index (χ3n) is 3.74. The minimum absolute atomic E-state index is 0.101. The molecule has 2 atom stereocenters. The molecular weight excluding hydrogens is 254 g/mol. The summed E-state index contributed by atoms with van der Waals surface area (Å²) < 4.78 is 11.1. The SMILES string of the molecule is CCOC(=O)N1CC(CC)C(OCc2ccccc2)C1. The van der Waals surface area contributed by atoms with Crippen LogP contribution < -0.4 is 0 Å². The molecule has 1 aromatic carbocycles. The molecule has 1 aliphatic heterocycles. The van der Waals surface area contributed by atoms with Gasteiger partial charge in [-0.1, -0.05) is 37.3 Å². The highest BCUT2D eigenvalue weighted by molar-refractivity contribution is 5.68. The van der Waals surface area contributed by atoms with Crippen molar-refractivity contribution in [3.63, 3.8) is 0 Å². The van der Waals surface area contributed by atoms with E-state index in [-0.39, 0.29) is 12.2 Å². The maximum Gasteiger partial charge on any atom is 0.409 e. The smallest absolute Gasteiger partial charge is 0.409 e. The Morgan fingerprint density at radius 1 is 1.25 bits per heavy atom. The van der Waals surface area contributed by atoms with Crippen LogP contribution in [0.4, 0.5) is 4.79 Å². The van der Waals surface area contributed by atoms with E-state index in [1.807, 2.05) is 25.1 Å². The van der Waals surface area contributed by atoms with Gasteiger partial charge in [-0.25, -0.2) is 4.79 Å². The monoisotopic (exact) mass is 277 g/mol. The van der Waals surface area contributed by atoms with Gasteiger partial charge in [-0.2, -0.15) is 0 Å². The predicted octanol–water partition coefficient (Wildman–Crippen LogP) is 3.07. The second kappa shape index (κ2) is 7.29. The van der Waals surface area contributed by atoms with E-state index >= 15 is 0 Å². The van der Waals surface area contributed by atoms with Crippen LogP contribution in [0.1, 0.15) is 25.8 Å². The first-order valence-corrected chi connectivity index (χ1v) is 7.31. The third-order valence-corrected chi connectivity index (χ3v) is 3.74. The Morgan fingerprint density at radius 3 is 2.65 bits per heavy atom. The van der Waals surface area contributed by atoms with Crippen molar-refractivity contribution in [2.75, 3.05) is 19.7 Å². The molecule has 1 amide bonds. The van der Waals surface area contributed by atoms with Crippen molar-refractivity contribution in [1.29, 1.82) is 0 Å². The summed E-state index contributed by atoms with van der Waals surface area (Å²) in [6.07, 6.45) is 0.886. The number of likely N-dealkylation sites (tertiary alicyclic amines) is 1. The summed E-state index contributed by atoms with van der Waals surface area (Å²) in [5.74, 6) is 0.392. The Morgan fingerprint density at radius 2 is 2.00 bits per heavy atom. The molecule has 1 aliphatic rings. The van der Waals surface area contributed by atoms with Crippen molar-refractivity contribution < 1.29 is 14.3 Å². The molecular formula is C16H23NO3. The first-order valence-electron chi connectivity index (χ1n) is 7.31. The summed E-state index contributed by atoms with van der Waals surface area (Å²) in [5, 5.41) is 0. The van der Waals surface area contributed by atoms with Crippen LogP contribution >= 0.6 is 0 Å². The number of hydrogen-bond acceptors (Lipinski definition) is 3. The zero-order valence-electron chi connectivity index (χ0n) is 12.2. The Balaban J connectivity index is 1.88. The summed E-state index contributed by atoms with van der Waals surface area (Å²) in [4.78, 5) is 13.5. The molecule has 2 unspecified atom stereocenters. The molecule has 4 heteroatoms. The molecule has 0 aliphatic carbocycles. The largest absolute Gasteiger partial charge is 0.450 e. The Kier molecular flexibility index (Phi) is 5.41. The molecule has 0 radical (unpaired) electrons. The van der Waals surface area contributed by atoms with Crippen molar-refractivity contribution in [2.24, 2.45) is 5.92 Å². The Bertz CT molecular complexity index is 421. The second-order valence-electron chi connectivity index (χ2n) is 5.11. The van der Waals surface area contributed by atoms with Gasteiger partial charge in [0.05, 0.1) is 25.9 Å². The van der Waals surface area contributed by atoms with E-state index in [0.717, 1.165) is 18.5 Å². The van der Waals surface area contributed by atoms with Gasteiger partial charge < -0.3 is 14.4 Å². The zero-order chi connectivity index (χ0) is 14.4. The maximum atomic E-state index is 11.8. The van der Waals surface area contributed by atoms with E-state index in [1.54, 1.807) is 4.90 Å². The fourth-order valence-electron chi connectivity index (χ4n) is 2.56. The van der Waals surface area contributed by atoms with Crippen LogP contribution in [0.3, 0.4) is 0 Å². The molecule has 0 N–H and O–H groups in total. The van der Waals surface area contributed by atoms with Gasteiger partial charge in [0.1, 0.15) is 0 Å². The summed E-state index contributed by atoms with van der Waals surface area (Å²) in [6.45, 7) is 6.34. The number of rotatable bonds is 5. The Labute approximate surface area is 120 Å². The number of hydrogen-bond donors (Lipinski definition) is 0. The van der Waals surface area contributed by atoms with Gasteiger partial charge in [-0.05, 0) is 18.9 Å². The van der Waals surface area contributed by atoms with E-state index in [4.69, 9.17) is 9.47 Å². The standard InChI is InChI=1S/C16H23NO3/c1-3-14-10-17(16(18)19-4-2)11-15(14)20-12-13-8-6-5-7-9-13/h5-9,14-15H,3-4,10-12H2,1-2H3. The molecule has 0 saturated carbocycles. The van der Waals surface area contributed by atoms with Crippen LogP contribution in [0.25, 0.3) is 0 Å². The van der Waals surface area contributed by atoms with E-state index in [2.05, 4.69) is 19.1 Å². The lowest BCUT2D eigenvalue weighted by Gasteiger charge is -2.17. The van der Waals surface area contributed by atoms with Gasteiger partial charge in [0.15, 0.2) is 0 Å². The molecule has 4 nitrogen and oxygen atoms in total. The van der Waals surface area contributed by atoms with Gasteiger partial charge in [-0.3, -0.25) is 0 Å². The molecule has 1 heterocycles. The zero-order valence-corrected chi connectivity index (χ0v) is 12.2. The van der Waals surface area contributed by atoms with E-state index < -0.39 is 0 Å². The van der Waals surface area contributed by atoms with E-state index in [9.17, 15) is 4.79 Å². The fraction of sp³-hybridized carbons (Fsp3) is 0.562. The Hall–Kier alpha value is -1.55. The van der Waals surface area contributed by atoms with Crippen LogP contribution in [0.2, 0.25) is 0 Å². The van der Waals surface area contributed by atoms with Gasteiger partial charge in [0, 0.05) is 12.5 Å². The highest BCUT2D eigenvalue weighted by Crippen LogP contribution is 2.24. The number of benzene rings is 1. The highest BCUT2D eigenvalue weighted by Gasteiger charge is 2.35. The summed E-state index contributed by atoms with van der Waals surface area (Å²) >= 11 is 0. The molecule has 2 rings (SSSR count). The molecule has 0 aromatic heterocycles. The van der Waals surface area contributed by atoms with Gasteiger partial charge >= 0.3 is 6.09 Å². The van der Waals surface area contributed by atoms with E-state index in [1.165, 1.54) is 0 Å². The van der Waals surface area contributed by atoms with Crippen LogP contribution in [0, 0.1) is 5.92 Å². The number of carbonyl (C=O) groups excluding carboxylic acids is 1. The van der Waals surface area contributed by atoms with Crippen LogP contribution in [0.5, 0.6) is 0 Å². The predicted molar refractivity (Wildman–Crippen MR) is 77.4 cm³/mol. The molecule has 0 spiro atoms. The quantitative estimate of drug-likeness (QED) is 0.830. The van der Waals surface area contributed by atoms with Crippen LogP contribution in [-0.2, 0) is 16.1 Å². The average molecular weight is 277 g/mol. The normalized spacial score (nSPS) is 22.0. The number of nitrogens with zero attached hydrogens (tertiary/aromatic N) is 1. The second-order valence-corrected chi connectivity index (χ2v) is 5.11. The van der Waals surface area contributed by atoms with Crippen molar-refractivity contribution >= 4 is 6.09 Å². The topological polar surface area (TPSA) is 38.8 Å². The van der Waals surface area contributed by atoms with Gasteiger partial charge in [-0.15, -0.1) is 0 Å². The maximum absolute atomic E-state index is 11.8. The number of carbonyl (C=O) groups is 1. The number of amides is 1. The summed E-state index contributed by atoms with van der Waals surface area (Å²) in [6, 6.07) is 10.1. The average Bonchev–Trinajstić information content (AvgIpc) is 2.90. The van der Waals surface area contributed by atoms with Crippen molar-refractivity contribution in [1.82, 2.24) is 4.90 Å². The van der Waals surface area contributed by atoms with Crippen LogP contribution in [-0.4, -0.2) is 36.8 Å². The minimum Gasteiger partial charge on any atom is -0.450 e. The molecule has 1 saturated heterocycles. The molecule has 1 aromatic rings. The van der Waals surface area contributed by atoms with Crippen LogP contribution in [0.15, 0.2) is 30.3 Å². The van der Waals surface area contributed by atoms with Gasteiger partial charge in [0.25, 0.3) is 0 Å². The van der Waals surface area contributed by atoms with Gasteiger partial charge in [0.2, 0.25) is 0 Å². The lowest BCUT2D eigenvalue weighted by Crippen LogP contribution is -2.30. The summed E-state index contributed by atoms with van der Waals surface area (Å²) in [5.41, 5.74) is 1.16.